The van der Waals surface area contributed by atoms with Crippen LogP contribution in [-0.2, 0) is 10.0 Å². The van der Waals surface area contributed by atoms with Crippen LogP contribution in [0.5, 0.6) is 5.75 Å². The number of ether oxygens (including phenoxy) is 1. The second-order valence-electron chi connectivity index (χ2n) is 5.80. The number of nitrogens with one attached hydrogen (secondary N) is 1. The summed E-state index contributed by atoms with van der Waals surface area (Å²) in [6.07, 6.45) is 0. The van der Waals surface area contributed by atoms with Crippen molar-refractivity contribution in [1.82, 2.24) is 0 Å². The van der Waals surface area contributed by atoms with E-state index < -0.39 is 16.0 Å². The number of hydrogen-bond acceptors (Lipinski definition) is 5. The van der Waals surface area contributed by atoms with E-state index in [1.54, 1.807) is 24.3 Å². The zero-order chi connectivity index (χ0) is 19.6. The fourth-order valence-corrected chi connectivity index (χ4v) is 3.54. The first-order valence-electron chi connectivity index (χ1n) is 7.91. The van der Waals surface area contributed by atoms with Gasteiger partial charge < -0.3 is 14.3 Å². The van der Waals surface area contributed by atoms with Crippen molar-refractivity contribution < 1.29 is 27.5 Å². The molecule has 0 aliphatic rings. The zero-order valence-corrected chi connectivity index (χ0v) is 15.4. The maximum Gasteiger partial charge on any atom is 0.371 e. The molecule has 3 aromatic rings. The van der Waals surface area contributed by atoms with Crippen LogP contribution in [-0.4, -0.2) is 26.6 Å². The molecule has 0 spiro atoms. The zero-order valence-electron chi connectivity index (χ0n) is 14.6. The molecule has 0 radical (unpaired) electrons. The minimum absolute atomic E-state index is 0.147. The predicted octanol–water partition coefficient (Wildman–Crippen LogP) is 3.76. The van der Waals surface area contributed by atoms with E-state index in [2.05, 4.69) is 4.72 Å². The van der Waals surface area contributed by atoms with Crippen LogP contribution < -0.4 is 9.46 Å². The number of furan rings is 1. The third-order valence-corrected chi connectivity index (χ3v) is 5.26. The molecule has 0 bridgehead atoms. The number of carboxylic acids is 1. The van der Waals surface area contributed by atoms with E-state index in [9.17, 15) is 13.2 Å². The largest absolute Gasteiger partial charge is 0.496 e. The normalized spacial score (nSPS) is 11.2. The Morgan fingerprint density at radius 3 is 2.37 bits per heavy atom. The molecule has 2 N–H and O–H groups in total. The molecule has 0 unspecified atom stereocenters. The second kappa shape index (κ2) is 7.16. The van der Waals surface area contributed by atoms with Crippen LogP contribution in [0, 0.1) is 6.92 Å². The molecule has 1 aromatic heterocycles. The topological polar surface area (TPSA) is 106 Å². The highest BCUT2D eigenvalue weighted by molar-refractivity contribution is 7.92. The minimum atomic E-state index is -3.75. The number of carboxylic acid groups (broad SMARTS) is 1. The Bertz CT molecular complexity index is 1080. The number of sulfonamides is 1. The number of aryl methyl sites for hydroxylation is 1. The van der Waals surface area contributed by atoms with Crippen molar-refractivity contribution in [3.05, 3.63) is 65.9 Å². The second-order valence-corrected chi connectivity index (χ2v) is 7.49. The Morgan fingerprint density at radius 2 is 1.78 bits per heavy atom. The van der Waals surface area contributed by atoms with E-state index in [0.717, 1.165) is 5.56 Å². The van der Waals surface area contributed by atoms with Gasteiger partial charge in [0.25, 0.3) is 10.0 Å². The summed E-state index contributed by atoms with van der Waals surface area (Å²) in [6, 6.07) is 14.0. The molecule has 0 saturated heterocycles. The van der Waals surface area contributed by atoms with E-state index in [1.165, 1.54) is 37.4 Å². The summed E-state index contributed by atoms with van der Waals surface area (Å²) in [7, 11) is -2.32. The van der Waals surface area contributed by atoms with E-state index >= 15 is 0 Å². The highest BCUT2D eigenvalue weighted by Gasteiger charge is 2.17. The van der Waals surface area contributed by atoms with Crippen LogP contribution in [0.4, 0.5) is 5.69 Å². The monoisotopic (exact) mass is 387 g/mol. The van der Waals surface area contributed by atoms with Crippen molar-refractivity contribution in [3.63, 3.8) is 0 Å². The summed E-state index contributed by atoms with van der Waals surface area (Å²) in [5, 5.41) is 8.97. The average molecular weight is 387 g/mol. The molecule has 7 nitrogen and oxygen atoms in total. The molecule has 140 valence electrons. The van der Waals surface area contributed by atoms with E-state index in [0.29, 0.717) is 22.8 Å². The molecule has 2 aromatic carbocycles. The number of hydrogen-bond donors (Lipinski definition) is 2. The number of carbonyl (C=O) groups is 1. The Labute approximate surface area is 156 Å². The smallest absolute Gasteiger partial charge is 0.371 e. The van der Waals surface area contributed by atoms with Crippen LogP contribution in [0.25, 0.3) is 11.3 Å². The lowest BCUT2D eigenvalue weighted by molar-refractivity contribution is 0.0663. The van der Waals surface area contributed by atoms with Gasteiger partial charge in [-0.15, -0.1) is 0 Å². The van der Waals surface area contributed by atoms with Crippen LogP contribution >= 0.6 is 0 Å². The van der Waals surface area contributed by atoms with Crippen molar-refractivity contribution in [3.8, 4) is 17.1 Å². The quantitative estimate of drug-likeness (QED) is 0.667. The molecular weight excluding hydrogens is 370 g/mol. The van der Waals surface area contributed by atoms with Crippen molar-refractivity contribution in [2.75, 3.05) is 11.8 Å². The predicted molar refractivity (Wildman–Crippen MR) is 99.6 cm³/mol. The first-order chi connectivity index (χ1) is 12.8. The number of benzene rings is 2. The summed E-state index contributed by atoms with van der Waals surface area (Å²) in [5.41, 5.74) is 1.77. The fourth-order valence-electron chi connectivity index (χ4n) is 2.49. The Balaban J connectivity index is 1.91. The Kier molecular flexibility index (Phi) is 4.91. The van der Waals surface area contributed by atoms with Crippen molar-refractivity contribution in [2.45, 2.75) is 11.8 Å². The maximum atomic E-state index is 12.5. The van der Waals surface area contributed by atoms with Crippen molar-refractivity contribution in [1.29, 1.82) is 0 Å². The van der Waals surface area contributed by atoms with E-state index in [-0.39, 0.29) is 10.7 Å². The van der Waals surface area contributed by atoms with Gasteiger partial charge in [0.1, 0.15) is 11.5 Å². The summed E-state index contributed by atoms with van der Waals surface area (Å²) < 4.78 is 38.1. The highest BCUT2D eigenvalue weighted by Crippen LogP contribution is 2.34. The standard InChI is InChI=1S/C19H17NO6S/c1-12-3-6-14(7-4-12)27(23,24)20-13-5-8-15(18(11-13)25-2)16-9-10-17(26-16)19(21)22/h3-11,20H,1-2H3,(H,21,22). The van der Waals surface area contributed by atoms with E-state index in [4.69, 9.17) is 14.3 Å². The first-order valence-corrected chi connectivity index (χ1v) is 9.39. The number of methoxy groups -OCH3 is 1. The molecule has 0 saturated carbocycles. The van der Waals surface area contributed by atoms with E-state index in [1.807, 2.05) is 6.92 Å². The molecule has 8 heteroatoms. The van der Waals surface area contributed by atoms with Gasteiger partial charge in [0.2, 0.25) is 5.76 Å². The Morgan fingerprint density at radius 1 is 1.07 bits per heavy atom. The van der Waals surface area contributed by atoms with Crippen molar-refractivity contribution >= 4 is 21.7 Å². The van der Waals surface area contributed by atoms with Gasteiger partial charge in [-0.2, -0.15) is 0 Å². The molecule has 0 aliphatic heterocycles. The lowest BCUT2D eigenvalue weighted by atomic mass is 10.1. The number of aromatic carboxylic acids is 1. The maximum absolute atomic E-state index is 12.5. The van der Waals surface area contributed by atoms with Gasteiger partial charge in [-0.3, -0.25) is 4.72 Å². The molecule has 0 atom stereocenters. The van der Waals surface area contributed by atoms with Crippen molar-refractivity contribution in [2.24, 2.45) is 0 Å². The fraction of sp³-hybridized carbons (Fsp3) is 0.105. The molecule has 0 aliphatic carbocycles. The van der Waals surface area contributed by atoms with Gasteiger partial charge >= 0.3 is 5.97 Å². The van der Waals surface area contributed by atoms with Gasteiger partial charge in [0.05, 0.1) is 23.3 Å². The summed E-state index contributed by atoms with van der Waals surface area (Å²) >= 11 is 0. The molecule has 0 amide bonds. The first kappa shape index (κ1) is 18.5. The lowest BCUT2D eigenvalue weighted by Gasteiger charge is -2.12. The van der Waals surface area contributed by atoms with Crippen LogP contribution in [0.2, 0.25) is 0 Å². The Hall–Kier alpha value is -3.26. The third kappa shape index (κ3) is 3.95. The summed E-state index contributed by atoms with van der Waals surface area (Å²) in [5.74, 6) is -0.735. The van der Waals surface area contributed by atoms with Crippen LogP contribution in [0.15, 0.2) is 63.9 Å². The SMILES string of the molecule is COc1cc(NS(=O)(=O)c2ccc(C)cc2)ccc1-c1ccc(C(=O)O)o1. The molecular formula is C19H17NO6S. The molecule has 27 heavy (non-hydrogen) atoms. The lowest BCUT2D eigenvalue weighted by Crippen LogP contribution is -2.13. The van der Waals surface area contributed by atoms with Gasteiger partial charge in [0, 0.05) is 6.07 Å². The molecule has 3 rings (SSSR count). The number of anilines is 1. The summed E-state index contributed by atoms with van der Waals surface area (Å²) in [6.45, 7) is 1.87. The summed E-state index contributed by atoms with van der Waals surface area (Å²) in [4.78, 5) is 11.1. The molecule has 0 fully saturated rings. The van der Waals surface area contributed by atoms with Crippen LogP contribution in [0.1, 0.15) is 16.1 Å². The van der Waals surface area contributed by atoms with Gasteiger partial charge in [-0.25, -0.2) is 13.2 Å². The van der Waals surface area contributed by atoms with Gasteiger partial charge in [0.15, 0.2) is 0 Å². The average Bonchev–Trinajstić information content (AvgIpc) is 3.12. The van der Waals surface area contributed by atoms with Crippen LogP contribution in [0.3, 0.4) is 0 Å². The minimum Gasteiger partial charge on any atom is -0.496 e. The van der Waals surface area contributed by atoms with Gasteiger partial charge in [-0.05, 0) is 43.3 Å². The third-order valence-electron chi connectivity index (χ3n) is 3.87. The van der Waals surface area contributed by atoms with Gasteiger partial charge in [-0.1, -0.05) is 17.7 Å². The highest BCUT2D eigenvalue weighted by atomic mass is 32.2. The molecule has 1 heterocycles. The number of rotatable bonds is 6.